The average Bonchev–Trinajstić information content (AvgIpc) is 2.50. The first kappa shape index (κ1) is 15.2. The lowest BCUT2D eigenvalue weighted by Gasteiger charge is -2.33. The molecule has 112 valence electrons. The van der Waals surface area contributed by atoms with Gasteiger partial charge >= 0.3 is 0 Å². The first-order valence-electron chi connectivity index (χ1n) is 7.61. The fraction of sp³-hybridized carbons (Fsp3) is 0.733. The topological polar surface area (TPSA) is 73.1 Å². The number of nitrogens with one attached hydrogen (secondary N) is 1. The number of hydrogen-bond donors (Lipinski definition) is 2. The van der Waals surface area contributed by atoms with E-state index in [1.165, 1.54) is 38.5 Å². The predicted molar refractivity (Wildman–Crippen MR) is 79.0 cm³/mol. The van der Waals surface area contributed by atoms with Gasteiger partial charge in [-0.05, 0) is 24.7 Å². The molecule has 5 heteroatoms. The summed E-state index contributed by atoms with van der Waals surface area (Å²) in [5.41, 5.74) is 3.76. The monoisotopic (exact) mass is 278 g/mol. The zero-order valence-corrected chi connectivity index (χ0v) is 12.5. The van der Waals surface area contributed by atoms with Crippen molar-refractivity contribution < 1.29 is 4.74 Å². The zero-order chi connectivity index (χ0) is 14.4. The van der Waals surface area contributed by atoms with Crippen LogP contribution in [0, 0.1) is 11.8 Å². The molecule has 3 N–H and O–H groups in total. The Bertz CT molecular complexity index is 405. The molecule has 1 aliphatic rings. The van der Waals surface area contributed by atoms with Crippen LogP contribution in [0.3, 0.4) is 0 Å². The van der Waals surface area contributed by atoms with Gasteiger partial charge in [-0.25, -0.2) is 4.98 Å². The van der Waals surface area contributed by atoms with Crippen LogP contribution in [-0.2, 0) is 0 Å². The molecule has 0 aromatic carbocycles. The molecule has 1 unspecified atom stereocenters. The number of nitrogens with two attached hydrogens (primary N) is 1. The molecule has 0 radical (unpaired) electrons. The van der Waals surface area contributed by atoms with Gasteiger partial charge in [0.05, 0.1) is 13.2 Å². The van der Waals surface area contributed by atoms with E-state index >= 15 is 0 Å². The minimum absolute atomic E-state index is 0.0289. The molecule has 0 aliphatic heterocycles. The maximum atomic E-state index is 5.78. The summed E-state index contributed by atoms with van der Waals surface area (Å²) in [5.74, 6) is 7.75. The van der Waals surface area contributed by atoms with Crippen molar-refractivity contribution in [3.63, 3.8) is 0 Å². The molecule has 1 fully saturated rings. The van der Waals surface area contributed by atoms with Crippen molar-refractivity contribution in [3.8, 4) is 5.88 Å². The largest absolute Gasteiger partial charge is 0.480 e. The minimum atomic E-state index is 0.0289. The maximum absolute atomic E-state index is 5.78. The van der Waals surface area contributed by atoms with E-state index in [2.05, 4.69) is 22.3 Å². The molecule has 1 saturated carbocycles. The van der Waals surface area contributed by atoms with Gasteiger partial charge in [0.25, 0.3) is 0 Å². The fourth-order valence-electron chi connectivity index (χ4n) is 3.36. The third-order valence-corrected chi connectivity index (χ3v) is 4.42. The molecule has 0 spiro atoms. The van der Waals surface area contributed by atoms with Crippen LogP contribution in [0.25, 0.3) is 0 Å². The Morgan fingerprint density at radius 3 is 2.60 bits per heavy atom. The lowest BCUT2D eigenvalue weighted by atomic mass is 9.76. The van der Waals surface area contributed by atoms with Crippen LogP contribution in [0.5, 0.6) is 5.88 Å². The first-order chi connectivity index (χ1) is 9.80. The summed E-state index contributed by atoms with van der Waals surface area (Å²) >= 11 is 0. The van der Waals surface area contributed by atoms with Crippen molar-refractivity contribution in [2.45, 2.75) is 51.5 Å². The molecule has 1 atom stereocenters. The number of rotatable bonds is 6. The standard InChI is InChI=1S/C15H26N4O/c1-3-4-11-5-7-12(8-6-11)13(19-16)14-15(20-2)18-10-9-17-14/h9-13,19H,3-8,16H2,1-2H3. The normalized spacial score (nSPS) is 24.4. The van der Waals surface area contributed by atoms with E-state index in [9.17, 15) is 0 Å². The van der Waals surface area contributed by atoms with E-state index in [0.29, 0.717) is 11.8 Å². The summed E-state index contributed by atoms with van der Waals surface area (Å²) < 4.78 is 5.31. The SMILES string of the molecule is CCCC1CCC(C(NN)c2nccnc2OC)CC1. The van der Waals surface area contributed by atoms with Gasteiger partial charge in [0.2, 0.25) is 5.88 Å². The lowest BCUT2D eigenvalue weighted by molar-refractivity contribution is 0.209. The van der Waals surface area contributed by atoms with Gasteiger partial charge in [-0.3, -0.25) is 16.3 Å². The van der Waals surface area contributed by atoms with Gasteiger partial charge in [0.1, 0.15) is 5.69 Å². The van der Waals surface area contributed by atoms with E-state index in [1.54, 1.807) is 19.5 Å². The highest BCUT2D eigenvalue weighted by molar-refractivity contribution is 5.22. The van der Waals surface area contributed by atoms with Crippen LogP contribution in [0.1, 0.15) is 57.2 Å². The van der Waals surface area contributed by atoms with Crippen molar-refractivity contribution in [2.75, 3.05) is 7.11 Å². The second kappa shape index (κ2) is 7.55. The highest BCUT2D eigenvalue weighted by atomic mass is 16.5. The molecule has 2 rings (SSSR count). The van der Waals surface area contributed by atoms with Gasteiger partial charge in [-0.2, -0.15) is 0 Å². The highest BCUT2D eigenvalue weighted by Crippen LogP contribution is 2.39. The van der Waals surface area contributed by atoms with E-state index < -0.39 is 0 Å². The van der Waals surface area contributed by atoms with E-state index in [0.717, 1.165) is 11.6 Å². The Hall–Kier alpha value is -1.20. The number of hydrazine groups is 1. The molecule has 0 saturated heterocycles. The lowest BCUT2D eigenvalue weighted by Crippen LogP contribution is -2.36. The smallest absolute Gasteiger partial charge is 0.237 e. The number of methoxy groups -OCH3 is 1. The molecule has 0 amide bonds. The maximum Gasteiger partial charge on any atom is 0.237 e. The average molecular weight is 278 g/mol. The number of nitrogens with zero attached hydrogens (tertiary/aromatic N) is 2. The van der Waals surface area contributed by atoms with Gasteiger partial charge in [-0.1, -0.05) is 32.6 Å². The predicted octanol–water partition coefficient (Wildman–Crippen LogP) is 2.60. The third kappa shape index (κ3) is 3.46. The van der Waals surface area contributed by atoms with E-state index in [1.807, 2.05) is 0 Å². The Kier molecular flexibility index (Phi) is 5.73. The van der Waals surface area contributed by atoms with E-state index in [4.69, 9.17) is 10.6 Å². The van der Waals surface area contributed by atoms with Gasteiger partial charge < -0.3 is 4.74 Å². The molecule has 1 heterocycles. The van der Waals surface area contributed by atoms with Crippen LogP contribution in [0.4, 0.5) is 0 Å². The van der Waals surface area contributed by atoms with E-state index in [-0.39, 0.29) is 6.04 Å². The third-order valence-electron chi connectivity index (χ3n) is 4.42. The molecule has 20 heavy (non-hydrogen) atoms. The molecule has 1 aromatic heterocycles. The first-order valence-corrected chi connectivity index (χ1v) is 7.61. The number of aromatic nitrogens is 2. The summed E-state index contributed by atoms with van der Waals surface area (Å²) in [6.45, 7) is 2.26. The second-order valence-corrected chi connectivity index (χ2v) is 5.66. The van der Waals surface area contributed by atoms with Gasteiger partial charge in [-0.15, -0.1) is 0 Å². The van der Waals surface area contributed by atoms with Crippen LogP contribution in [-0.4, -0.2) is 17.1 Å². The van der Waals surface area contributed by atoms with Crippen molar-refractivity contribution in [2.24, 2.45) is 17.7 Å². The Morgan fingerprint density at radius 1 is 1.30 bits per heavy atom. The summed E-state index contributed by atoms with van der Waals surface area (Å²) in [5, 5.41) is 0. The van der Waals surface area contributed by atoms with Crippen LogP contribution >= 0.6 is 0 Å². The van der Waals surface area contributed by atoms with Crippen LogP contribution in [0.2, 0.25) is 0 Å². The van der Waals surface area contributed by atoms with Crippen LogP contribution < -0.4 is 16.0 Å². The Morgan fingerprint density at radius 2 is 2.00 bits per heavy atom. The molecule has 0 bridgehead atoms. The van der Waals surface area contributed by atoms with Crippen LogP contribution in [0.15, 0.2) is 12.4 Å². The highest BCUT2D eigenvalue weighted by Gasteiger charge is 2.30. The number of ether oxygens (including phenoxy) is 1. The molecule has 5 nitrogen and oxygen atoms in total. The molecule has 1 aliphatic carbocycles. The van der Waals surface area contributed by atoms with Gasteiger partial charge in [0.15, 0.2) is 0 Å². The summed E-state index contributed by atoms with van der Waals surface area (Å²) in [6.07, 6.45) is 10.9. The van der Waals surface area contributed by atoms with Gasteiger partial charge in [0, 0.05) is 12.4 Å². The second-order valence-electron chi connectivity index (χ2n) is 5.66. The zero-order valence-electron chi connectivity index (χ0n) is 12.5. The van der Waals surface area contributed by atoms with Crippen molar-refractivity contribution in [1.82, 2.24) is 15.4 Å². The van der Waals surface area contributed by atoms with Crippen molar-refractivity contribution in [3.05, 3.63) is 18.1 Å². The Balaban J connectivity index is 2.06. The Labute approximate surface area is 121 Å². The molecular weight excluding hydrogens is 252 g/mol. The number of hydrogen-bond acceptors (Lipinski definition) is 5. The van der Waals surface area contributed by atoms with Crippen molar-refractivity contribution >= 4 is 0 Å². The summed E-state index contributed by atoms with van der Waals surface area (Å²) in [4.78, 5) is 8.65. The molecule has 1 aromatic rings. The quantitative estimate of drug-likeness (QED) is 0.618. The fourth-order valence-corrected chi connectivity index (χ4v) is 3.36. The minimum Gasteiger partial charge on any atom is -0.480 e. The van der Waals surface area contributed by atoms with Crippen molar-refractivity contribution in [1.29, 1.82) is 0 Å². The summed E-state index contributed by atoms with van der Waals surface area (Å²) in [7, 11) is 1.62. The molecular formula is C15H26N4O. The summed E-state index contributed by atoms with van der Waals surface area (Å²) in [6, 6.07) is 0.0289.